The van der Waals surface area contributed by atoms with Crippen molar-refractivity contribution in [2.24, 2.45) is 0 Å². The Bertz CT molecular complexity index is 429. The van der Waals surface area contributed by atoms with Crippen molar-refractivity contribution in [2.75, 3.05) is 12.4 Å². The second kappa shape index (κ2) is 9.53. The summed E-state index contributed by atoms with van der Waals surface area (Å²) >= 11 is 1.27. The molecular weight excluding hydrogens is 274 g/mol. The van der Waals surface area contributed by atoms with Crippen molar-refractivity contribution in [2.45, 2.75) is 51.9 Å². The van der Waals surface area contributed by atoms with Gasteiger partial charge < -0.3 is 10.1 Å². The molecule has 0 unspecified atom stereocenters. The van der Waals surface area contributed by atoms with Gasteiger partial charge >= 0.3 is 5.97 Å². The SMILES string of the molecule is CCCCCCCCC(=O)Nc1ccsc1C(=O)OC. The van der Waals surface area contributed by atoms with Gasteiger partial charge in [-0.25, -0.2) is 4.79 Å². The first-order chi connectivity index (χ1) is 9.69. The van der Waals surface area contributed by atoms with E-state index in [1.165, 1.54) is 44.1 Å². The van der Waals surface area contributed by atoms with Crippen molar-refractivity contribution in [3.63, 3.8) is 0 Å². The first-order valence-electron chi connectivity index (χ1n) is 7.14. The minimum atomic E-state index is -0.408. The number of nitrogens with one attached hydrogen (secondary N) is 1. The largest absolute Gasteiger partial charge is 0.465 e. The highest BCUT2D eigenvalue weighted by molar-refractivity contribution is 7.12. The molecule has 1 aromatic heterocycles. The topological polar surface area (TPSA) is 55.4 Å². The average Bonchev–Trinajstić information content (AvgIpc) is 2.90. The third-order valence-electron chi connectivity index (χ3n) is 3.07. The van der Waals surface area contributed by atoms with Gasteiger partial charge in [0.25, 0.3) is 0 Å². The molecule has 1 heterocycles. The van der Waals surface area contributed by atoms with Crippen LogP contribution in [0.3, 0.4) is 0 Å². The van der Waals surface area contributed by atoms with E-state index < -0.39 is 5.97 Å². The highest BCUT2D eigenvalue weighted by atomic mass is 32.1. The van der Waals surface area contributed by atoms with Gasteiger partial charge in [0.15, 0.2) is 0 Å². The standard InChI is InChI=1S/C15H23NO3S/c1-3-4-5-6-7-8-9-13(17)16-12-10-11-20-14(12)15(18)19-2/h10-11H,3-9H2,1-2H3,(H,16,17). The average molecular weight is 297 g/mol. The molecule has 5 heteroatoms. The second-order valence-electron chi connectivity index (χ2n) is 4.72. The first-order valence-corrected chi connectivity index (χ1v) is 8.02. The van der Waals surface area contributed by atoms with E-state index >= 15 is 0 Å². The summed E-state index contributed by atoms with van der Waals surface area (Å²) in [5.74, 6) is -0.445. The van der Waals surface area contributed by atoms with Crippen molar-refractivity contribution in [3.8, 4) is 0 Å². The number of carbonyl (C=O) groups excluding carboxylic acids is 2. The molecule has 0 saturated carbocycles. The molecule has 0 saturated heterocycles. The molecule has 112 valence electrons. The maximum Gasteiger partial charge on any atom is 0.350 e. The highest BCUT2D eigenvalue weighted by Gasteiger charge is 2.15. The van der Waals surface area contributed by atoms with E-state index in [9.17, 15) is 9.59 Å². The molecule has 1 amide bonds. The third-order valence-corrected chi connectivity index (χ3v) is 3.96. The smallest absolute Gasteiger partial charge is 0.350 e. The second-order valence-corrected chi connectivity index (χ2v) is 5.64. The number of unbranched alkanes of at least 4 members (excludes halogenated alkanes) is 5. The van der Waals surface area contributed by atoms with Crippen molar-refractivity contribution < 1.29 is 14.3 Å². The zero-order chi connectivity index (χ0) is 14.8. The lowest BCUT2D eigenvalue weighted by Crippen LogP contribution is -2.13. The summed E-state index contributed by atoms with van der Waals surface area (Å²) < 4.78 is 4.67. The van der Waals surface area contributed by atoms with Gasteiger partial charge in [-0.2, -0.15) is 0 Å². The highest BCUT2D eigenvalue weighted by Crippen LogP contribution is 2.23. The molecule has 0 spiro atoms. The number of rotatable bonds is 9. The number of methoxy groups -OCH3 is 1. The molecule has 0 fully saturated rings. The van der Waals surface area contributed by atoms with E-state index in [1.54, 1.807) is 11.4 Å². The summed E-state index contributed by atoms with van der Waals surface area (Å²) in [5.41, 5.74) is 0.554. The Kier molecular flexibility index (Phi) is 7.95. The number of hydrogen-bond donors (Lipinski definition) is 1. The van der Waals surface area contributed by atoms with Crippen LogP contribution in [0.1, 0.15) is 61.5 Å². The fraction of sp³-hybridized carbons (Fsp3) is 0.600. The van der Waals surface area contributed by atoms with Gasteiger partial charge in [-0.3, -0.25) is 4.79 Å². The van der Waals surface area contributed by atoms with E-state index in [2.05, 4.69) is 17.0 Å². The normalized spacial score (nSPS) is 10.3. The molecule has 0 aliphatic carbocycles. The lowest BCUT2D eigenvalue weighted by molar-refractivity contribution is -0.116. The lowest BCUT2D eigenvalue weighted by Gasteiger charge is -2.05. The van der Waals surface area contributed by atoms with Gasteiger partial charge in [-0.05, 0) is 17.9 Å². The number of esters is 1. The molecule has 0 atom stereocenters. The van der Waals surface area contributed by atoms with Crippen LogP contribution in [-0.4, -0.2) is 19.0 Å². The van der Waals surface area contributed by atoms with E-state index in [0.29, 0.717) is 17.0 Å². The zero-order valence-corrected chi connectivity index (χ0v) is 13.1. The van der Waals surface area contributed by atoms with E-state index in [-0.39, 0.29) is 5.91 Å². The Morgan fingerprint density at radius 1 is 1.20 bits per heavy atom. The molecule has 1 rings (SSSR count). The Morgan fingerprint density at radius 2 is 1.90 bits per heavy atom. The first kappa shape index (κ1) is 16.7. The van der Waals surface area contributed by atoms with E-state index in [1.807, 2.05) is 0 Å². The summed E-state index contributed by atoms with van der Waals surface area (Å²) in [6.07, 6.45) is 7.41. The van der Waals surface area contributed by atoms with E-state index in [0.717, 1.165) is 12.8 Å². The number of hydrogen-bond acceptors (Lipinski definition) is 4. The fourth-order valence-electron chi connectivity index (χ4n) is 1.94. The minimum absolute atomic E-state index is 0.0379. The number of ether oxygens (including phenoxy) is 1. The molecule has 0 bridgehead atoms. The van der Waals surface area contributed by atoms with Crippen molar-refractivity contribution >= 4 is 28.9 Å². The fourth-order valence-corrected chi connectivity index (χ4v) is 2.70. The molecule has 1 aromatic rings. The predicted molar refractivity (Wildman–Crippen MR) is 82.3 cm³/mol. The van der Waals surface area contributed by atoms with Crippen LogP contribution in [-0.2, 0) is 9.53 Å². The molecular formula is C15H23NO3S. The van der Waals surface area contributed by atoms with Crippen LogP contribution >= 0.6 is 11.3 Å². The molecule has 20 heavy (non-hydrogen) atoms. The van der Waals surface area contributed by atoms with Gasteiger partial charge in [0, 0.05) is 6.42 Å². The molecule has 0 aliphatic heterocycles. The predicted octanol–water partition coefficient (Wildman–Crippen LogP) is 4.22. The minimum Gasteiger partial charge on any atom is -0.465 e. The summed E-state index contributed by atoms with van der Waals surface area (Å²) in [6.45, 7) is 2.19. The summed E-state index contributed by atoms with van der Waals surface area (Å²) in [5, 5.41) is 4.55. The maximum atomic E-state index is 11.8. The van der Waals surface area contributed by atoms with Crippen molar-refractivity contribution in [1.82, 2.24) is 0 Å². The van der Waals surface area contributed by atoms with E-state index in [4.69, 9.17) is 0 Å². The summed E-state index contributed by atoms with van der Waals surface area (Å²) in [7, 11) is 1.34. The summed E-state index contributed by atoms with van der Waals surface area (Å²) in [6, 6.07) is 1.73. The quantitative estimate of drug-likeness (QED) is 0.548. The number of anilines is 1. The molecule has 1 N–H and O–H groups in total. The Balaban J connectivity index is 2.29. The Labute approximate surface area is 124 Å². The Hall–Kier alpha value is -1.36. The number of amides is 1. The van der Waals surface area contributed by atoms with Gasteiger partial charge in [0.1, 0.15) is 4.88 Å². The molecule has 0 aromatic carbocycles. The van der Waals surface area contributed by atoms with Crippen LogP contribution in [0, 0.1) is 0 Å². The van der Waals surface area contributed by atoms with Gasteiger partial charge in [0.05, 0.1) is 12.8 Å². The molecule has 0 aliphatic rings. The molecule has 0 radical (unpaired) electrons. The van der Waals surface area contributed by atoms with Crippen LogP contribution in [0.15, 0.2) is 11.4 Å². The van der Waals surface area contributed by atoms with Gasteiger partial charge in [-0.1, -0.05) is 39.0 Å². The van der Waals surface area contributed by atoms with Gasteiger partial charge in [0.2, 0.25) is 5.91 Å². The van der Waals surface area contributed by atoms with Crippen LogP contribution in [0.25, 0.3) is 0 Å². The van der Waals surface area contributed by atoms with Crippen molar-refractivity contribution in [3.05, 3.63) is 16.3 Å². The lowest BCUT2D eigenvalue weighted by atomic mass is 10.1. The van der Waals surface area contributed by atoms with Gasteiger partial charge in [-0.15, -0.1) is 11.3 Å². The zero-order valence-electron chi connectivity index (χ0n) is 12.2. The number of carbonyl (C=O) groups is 2. The summed E-state index contributed by atoms with van der Waals surface area (Å²) in [4.78, 5) is 23.7. The number of thiophene rings is 1. The third kappa shape index (κ3) is 5.74. The molecule has 4 nitrogen and oxygen atoms in total. The van der Waals surface area contributed by atoms with Crippen molar-refractivity contribution in [1.29, 1.82) is 0 Å². The maximum absolute atomic E-state index is 11.8. The van der Waals surface area contributed by atoms with Crippen LogP contribution < -0.4 is 5.32 Å². The van der Waals surface area contributed by atoms with Crippen LogP contribution in [0.2, 0.25) is 0 Å². The van der Waals surface area contributed by atoms with Crippen LogP contribution in [0.5, 0.6) is 0 Å². The van der Waals surface area contributed by atoms with Crippen LogP contribution in [0.4, 0.5) is 5.69 Å². The Morgan fingerprint density at radius 3 is 2.60 bits per heavy atom. The monoisotopic (exact) mass is 297 g/mol.